The maximum Gasteiger partial charge on any atom is 0.305 e. The maximum absolute atomic E-state index is 13.4. The summed E-state index contributed by atoms with van der Waals surface area (Å²) in [6.07, 6.45) is 0.115. The van der Waals surface area contributed by atoms with Crippen LogP contribution in [0, 0.1) is 5.82 Å². The van der Waals surface area contributed by atoms with Crippen LogP contribution < -0.4 is 10.5 Å². The number of methoxy groups -OCH3 is 1. The molecule has 116 valence electrons. The molecule has 1 aromatic carbocycles. The number of ether oxygens (including phenoxy) is 1. The van der Waals surface area contributed by atoms with Gasteiger partial charge >= 0.3 is 5.97 Å². The van der Waals surface area contributed by atoms with Crippen LogP contribution in [0.3, 0.4) is 0 Å². The van der Waals surface area contributed by atoms with Gasteiger partial charge in [0.25, 0.3) is 0 Å². The molecule has 3 N–H and O–H groups in total. The molecule has 0 aliphatic carbocycles. The molecule has 0 saturated carbocycles. The number of esters is 1. The normalized spacial score (nSPS) is 11.0. The molecule has 21 heavy (non-hydrogen) atoms. The van der Waals surface area contributed by atoms with Crippen molar-refractivity contribution in [3.8, 4) is 0 Å². The molecule has 0 atom stereocenters. The summed E-state index contributed by atoms with van der Waals surface area (Å²) in [6.45, 7) is 0. The molecule has 0 unspecified atom stereocenters. The monoisotopic (exact) mass is 334 g/mol. The third-order valence-corrected chi connectivity index (χ3v) is 4.12. The SMILES string of the molecule is COC(=O)CCCS(=O)(=O)Nc1ccc(F)c(C(N)=S)c1. The minimum Gasteiger partial charge on any atom is -0.469 e. The molecular formula is C12H15FN2O4S2. The zero-order valence-corrected chi connectivity index (χ0v) is 12.9. The summed E-state index contributed by atoms with van der Waals surface area (Å²) in [7, 11) is -2.43. The van der Waals surface area contributed by atoms with Crippen molar-refractivity contribution in [2.75, 3.05) is 17.6 Å². The lowest BCUT2D eigenvalue weighted by Gasteiger charge is -2.09. The van der Waals surface area contributed by atoms with E-state index in [1.54, 1.807) is 0 Å². The number of nitrogens with one attached hydrogen (secondary N) is 1. The van der Waals surface area contributed by atoms with Crippen LogP contribution in [0.15, 0.2) is 18.2 Å². The summed E-state index contributed by atoms with van der Waals surface area (Å²) in [5.41, 5.74) is 5.45. The summed E-state index contributed by atoms with van der Waals surface area (Å²) in [5, 5.41) is 0. The highest BCUT2D eigenvalue weighted by Gasteiger charge is 2.14. The maximum atomic E-state index is 13.4. The lowest BCUT2D eigenvalue weighted by atomic mass is 10.2. The van der Waals surface area contributed by atoms with Crippen LogP contribution in [0.25, 0.3) is 0 Å². The summed E-state index contributed by atoms with van der Waals surface area (Å²) in [5.74, 6) is -1.37. The van der Waals surface area contributed by atoms with Gasteiger partial charge in [0.1, 0.15) is 10.8 Å². The average molecular weight is 334 g/mol. The van der Waals surface area contributed by atoms with E-state index in [1.807, 2.05) is 0 Å². The van der Waals surface area contributed by atoms with E-state index >= 15 is 0 Å². The molecule has 0 heterocycles. The summed E-state index contributed by atoms with van der Waals surface area (Å²) >= 11 is 4.67. The highest BCUT2D eigenvalue weighted by Crippen LogP contribution is 2.16. The number of halogens is 1. The third-order valence-electron chi connectivity index (χ3n) is 2.53. The number of benzene rings is 1. The van der Waals surface area contributed by atoms with Crippen molar-refractivity contribution < 1.29 is 22.3 Å². The Morgan fingerprint density at radius 2 is 2.14 bits per heavy atom. The van der Waals surface area contributed by atoms with Gasteiger partial charge in [0.05, 0.1) is 12.9 Å². The number of sulfonamides is 1. The molecule has 1 aromatic rings. The fraction of sp³-hybridized carbons (Fsp3) is 0.333. The lowest BCUT2D eigenvalue weighted by Crippen LogP contribution is -2.19. The van der Waals surface area contributed by atoms with Crippen molar-refractivity contribution in [3.05, 3.63) is 29.6 Å². The van der Waals surface area contributed by atoms with E-state index in [1.165, 1.54) is 19.2 Å². The van der Waals surface area contributed by atoms with Crippen molar-refractivity contribution in [3.63, 3.8) is 0 Å². The summed E-state index contributed by atoms with van der Waals surface area (Å²) < 4.78 is 43.7. The Labute approximate surface area is 127 Å². The number of carbonyl (C=O) groups is 1. The molecule has 0 saturated heterocycles. The van der Waals surface area contributed by atoms with Crippen molar-refractivity contribution in [2.24, 2.45) is 5.73 Å². The minimum absolute atomic E-state index is 0.00103. The summed E-state index contributed by atoms with van der Waals surface area (Å²) in [6, 6.07) is 3.55. The molecule has 0 fully saturated rings. The first-order valence-corrected chi connectivity index (χ1v) is 7.98. The fourth-order valence-electron chi connectivity index (χ4n) is 1.52. The van der Waals surface area contributed by atoms with Gasteiger partial charge in [0.2, 0.25) is 10.0 Å². The fourth-order valence-corrected chi connectivity index (χ4v) is 2.79. The van der Waals surface area contributed by atoms with Crippen LogP contribution in [0.2, 0.25) is 0 Å². The highest BCUT2D eigenvalue weighted by atomic mass is 32.2. The van der Waals surface area contributed by atoms with Crippen LogP contribution in [-0.4, -0.2) is 32.2 Å². The first-order valence-electron chi connectivity index (χ1n) is 5.92. The average Bonchev–Trinajstić information content (AvgIpc) is 2.39. The largest absolute Gasteiger partial charge is 0.469 e. The molecule has 0 radical (unpaired) electrons. The van der Waals surface area contributed by atoms with Crippen molar-refractivity contribution in [1.82, 2.24) is 0 Å². The molecule has 0 aliphatic rings. The van der Waals surface area contributed by atoms with Gasteiger partial charge in [0.15, 0.2) is 0 Å². The Hall–Kier alpha value is -1.74. The Bertz CT molecular complexity index is 647. The summed E-state index contributed by atoms with van der Waals surface area (Å²) in [4.78, 5) is 10.7. The number of hydrogen-bond acceptors (Lipinski definition) is 5. The van der Waals surface area contributed by atoms with E-state index in [0.717, 1.165) is 6.07 Å². The van der Waals surface area contributed by atoms with E-state index in [0.29, 0.717) is 0 Å². The molecule has 6 nitrogen and oxygen atoms in total. The Morgan fingerprint density at radius 1 is 1.48 bits per heavy atom. The lowest BCUT2D eigenvalue weighted by molar-refractivity contribution is -0.140. The van der Waals surface area contributed by atoms with Crippen molar-refractivity contribution in [1.29, 1.82) is 0 Å². The second-order valence-corrected chi connectivity index (χ2v) is 6.44. The number of hydrogen-bond donors (Lipinski definition) is 2. The number of carbonyl (C=O) groups excluding carboxylic acids is 1. The zero-order chi connectivity index (χ0) is 16.0. The van der Waals surface area contributed by atoms with E-state index in [2.05, 4.69) is 21.7 Å². The van der Waals surface area contributed by atoms with Gasteiger partial charge in [-0.3, -0.25) is 9.52 Å². The minimum atomic E-state index is -3.66. The standard InChI is InChI=1S/C12H15FN2O4S2/c1-19-11(16)3-2-6-21(17,18)15-8-4-5-10(13)9(7-8)12(14)20/h4-5,7,15H,2-3,6H2,1H3,(H2,14,20). The first-order chi connectivity index (χ1) is 9.75. The molecular weight excluding hydrogens is 319 g/mol. The van der Waals surface area contributed by atoms with E-state index in [9.17, 15) is 17.6 Å². The molecule has 0 aliphatic heterocycles. The molecule has 0 spiro atoms. The number of anilines is 1. The number of thiocarbonyl (C=S) groups is 1. The van der Waals surface area contributed by atoms with Gasteiger partial charge in [-0.25, -0.2) is 12.8 Å². The van der Waals surface area contributed by atoms with Crippen LogP contribution in [0.5, 0.6) is 0 Å². The predicted molar refractivity (Wildman–Crippen MR) is 80.9 cm³/mol. The van der Waals surface area contributed by atoms with Crippen molar-refractivity contribution >= 4 is 38.9 Å². The van der Waals surface area contributed by atoms with Crippen LogP contribution in [0.4, 0.5) is 10.1 Å². The molecule has 9 heteroatoms. The van der Waals surface area contributed by atoms with Gasteiger partial charge in [-0.2, -0.15) is 0 Å². The third kappa shape index (κ3) is 5.64. The van der Waals surface area contributed by atoms with Crippen LogP contribution >= 0.6 is 12.2 Å². The molecule has 0 aromatic heterocycles. The first kappa shape index (κ1) is 17.3. The number of rotatable bonds is 7. The van der Waals surface area contributed by atoms with E-state index in [4.69, 9.17) is 5.73 Å². The Morgan fingerprint density at radius 3 is 2.71 bits per heavy atom. The van der Waals surface area contributed by atoms with Gasteiger partial charge in [0, 0.05) is 17.7 Å². The number of nitrogens with two attached hydrogens (primary N) is 1. The highest BCUT2D eigenvalue weighted by molar-refractivity contribution is 7.92. The van der Waals surface area contributed by atoms with E-state index in [-0.39, 0.29) is 34.8 Å². The van der Waals surface area contributed by atoms with Gasteiger partial charge < -0.3 is 10.5 Å². The smallest absolute Gasteiger partial charge is 0.305 e. The van der Waals surface area contributed by atoms with Gasteiger partial charge in [-0.05, 0) is 24.6 Å². The second-order valence-electron chi connectivity index (χ2n) is 4.16. The van der Waals surface area contributed by atoms with Gasteiger partial charge in [-0.15, -0.1) is 0 Å². The Kier molecular flexibility index (Phi) is 6.03. The van der Waals surface area contributed by atoms with E-state index < -0.39 is 21.8 Å². The van der Waals surface area contributed by atoms with Crippen LogP contribution in [0.1, 0.15) is 18.4 Å². The quantitative estimate of drug-likeness (QED) is 0.573. The predicted octanol–water partition coefficient (Wildman–Crippen LogP) is 1.15. The zero-order valence-electron chi connectivity index (χ0n) is 11.3. The topological polar surface area (TPSA) is 98.5 Å². The molecule has 1 rings (SSSR count). The van der Waals surface area contributed by atoms with Gasteiger partial charge in [-0.1, -0.05) is 12.2 Å². The molecule has 0 bridgehead atoms. The Balaban J connectivity index is 2.73. The van der Waals surface area contributed by atoms with Crippen LogP contribution in [-0.2, 0) is 19.6 Å². The molecule has 0 amide bonds. The second kappa shape index (κ2) is 7.32. The van der Waals surface area contributed by atoms with Crippen molar-refractivity contribution in [2.45, 2.75) is 12.8 Å².